The van der Waals surface area contributed by atoms with E-state index >= 15 is 0 Å². The maximum atomic E-state index is 6.30. The summed E-state index contributed by atoms with van der Waals surface area (Å²) >= 11 is 2.35. The van der Waals surface area contributed by atoms with Crippen LogP contribution < -0.4 is 10.1 Å². The standard InChI is InChI=1S/C16H22INO/c1-2-18-14-11-15(16(14)8-3-4-9-16)19-13-7-5-6-12(17)10-13/h5-7,10,14-15,18H,2-4,8-9,11H2,1H3. The van der Waals surface area contributed by atoms with Crippen LogP contribution in [0.1, 0.15) is 39.0 Å². The minimum Gasteiger partial charge on any atom is -0.490 e. The zero-order valence-electron chi connectivity index (χ0n) is 11.5. The zero-order chi connectivity index (χ0) is 13.3. The molecule has 0 amide bonds. The summed E-state index contributed by atoms with van der Waals surface area (Å²) in [6.45, 7) is 3.28. The first-order chi connectivity index (χ1) is 9.24. The molecule has 1 aromatic rings. The van der Waals surface area contributed by atoms with Gasteiger partial charge in [-0.3, -0.25) is 0 Å². The highest BCUT2D eigenvalue weighted by Gasteiger charge is 2.57. The van der Waals surface area contributed by atoms with E-state index in [1.807, 2.05) is 0 Å². The smallest absolute Gasteiger partial charge is 0.120 e. The number of ether oxygens (including phenoxy) is 1. The summed E-state index contributed by atoms with van der Waals surface area (Å²) in [5.74, 6) is 1.04. The molecule has 2 aliphatic carbocycles. The number of halogens is 1. The van der Waals surface area contributed by atoms with Crippen molar-refractivity contribution in [3.8, 4) is 5.75 Å². The van der Waals surface area contributed by atoms with Crippen LogP contribution in [0.4, 0.5) is 0 Å². The molecule has 2 aliphatic rings. The van der Waals surface area contributed by atoms with Gasteiger partial charge in [-0.05, 0) is 60.2 Å². The summed E-state index contributed by atoms with van der Waals surface area (Å²) in [5.41, 5.74) is 0.414. The van der Waals surface area contributed by atoms with Crippen LogP contribution in [0.25, 0.3) is 0 Å². The summed E-state index contributed by atoms with van der Waals surface area (Å²) in [6.07, 6.45) is 6.98. The molecule has 2 fully saturated rings. The van der Waals surface area contributed by atoms with Gasteiger partial charge in [0.15, 0.2) is 0 Å². The molecule has 3 heteroatoms. The fraction of sp³-hybridized carbons (Fsp3) is 0.625. The molecule has 1 aromatic carbocycles. The number of hydrogen-bond donors (Lipinski definition) is 1. The molecule has 1 N–H and O–H groups in total. The van der Waals surface area contributed by atoms with E-state index in [0.29, 0.717) is 17.6 Å². The van der Waals surface area contributed by atoms with Crippen molar-refractivity contribution in [2.75, 3.05) is 6.54 Å². The number of benzene rings is 1. The third kappa shape index (κ3) is 2.51. The summed E-state index contributed by atoms with van der Waals surface area (Å²) in [4.78, 5) is 0. The lowest BCUT2D eigenvalue weighted by Crippen LogP contribution is -2.63. The van der Waals surface area contributed by atoms with Crippen LogP contribution in [0, 0.1) is 8.99 Å². The molecule has 1 spiro atoms. The maximum absolute atomic E-state index is 6.30. The molecule has 19 heavy (non-hydrogen) atoms. The minimum absolute atomic E-state index is 0.414. The molecule has 0 aromatic heterocycles. The fourth-order valence-corrected chi connectivity index (χ4v) is 4.37. The Balaban J connectivity index is 1.72. The Morgan fingerprint density at radius 2 is 2.16 bits per heavy atom. The van der Waals surface area contributed by atoms with Gasteiger partial charge in [0.1, 0.15) is 11.9 Å². The van der Waals surface area contributed by atoms with Crippen molar-refractivity contribution in [1.29, 1.82) is 0 Å². The lowest BCUT2D eigenvalue weighted by molar-refractivity contribution is -0.0755. The molecule has 2 nitrogen and oxygen atoms in total. The molecule has 0 heterocycles. The van der Waals surface area contributed by atoms with E-state index < -0.39 is 0 Å². The van der Waals surface area contributed by atoms with Crippen LogP contribution in [0.5, 0.6) is 5.75 Å². The second-order valence-electron chi connectivity index (χ2n) is 5.85. The quantitative estimate of drug-likeness (QED) is 0.809. The summed E-state index contributed by atoms with van der Waals surface area (Å²) in [7, 11) is 0. The van der Waals surface area contributed by atoms with Gasteiger partial charge in [-0.1, -0.05) is 25.8 Å². The second kappa shape index (κ2) is 5.60. The summed E-state index contributed by atoms with van der Waals surface area (Å²) in [5, 5.41) is 3.66. The Bertz CT molecular complexity index is 442. The lowest BCUT2D eigenvalue weighted by Gasteiger charge is -2.54. The first kappa shape index (κ1) is 13.7. The van der Waals surface area contributed by atoms with Crippen molar-refractivity contribution in [1.82, 2.24) is 5.32 Å². The molecule has 104 valence electrons. The van der Waals surface area contributed by atoms with E-state index in [-0.39, 0.29) is 0 Å². The molecule has 2 saturated carbocycles. The first-order valence-electron chi connectivity index (χ1n) is 7.40. The van der Waals surface area contributed by atoms with E-state index in [2.05, 4.69) is 59.1 Å². The highest BCUT2D eigenvalue weighted by atomic mass is 127. The summed E-state index contributed by atoms with van der Waals surface area (Å²) in [6, 6.07) is 9.10. The normalized spacial score (nSPS) is 28.3. The van der Waals surface area contributed by atoms with Gasteiger partial charge in [0.2, 0.25) is 0 Å². The van der Waals surface area contributed by atoms with E-state index in [9.17, 15) is 0 Å². The first-order valence-corrected chi connectivity index (χ1v) is 8.48. The molecule has 0 bridgehead atoms. The predicted octanol–water partition coefficient (Wildman–Crippen LogP) is 3.98. The average molecular weight is 371 g/mol. The molecule has 0 aliphatic heterocycles. The third-order valence-corrected chi connectivity index (χ3v) is 5.52. The largest absolute Gasteiger partial charge is 0.490 e. The highest BCUT2D eigenvalue weighted by Crippen LogP contribution is 2.54. The van der Waals surface area contributed by atoms with Crippen LogP contribution in [0.3, 0.4) is 0 Å². The lowest BCUT2D eigenvalue weighted by atomic mass is 9.60. The van der Waals surface area contributed by atoms with Gasteiger partial charge in [0.25, 0.3) is 0 Å². The van der Waals surface area contributed by atoms with Gasteiger partial charge < -0.3 is 10.1 Å². The van der Waals surface area contributed by atoms with Crippen LogP contribution in [-0.2, 0) is 0 Å². The van der Waals surface area contributed by atoms with Crippen LogP contribution in [0.15, 0.2) is 24.3 Å². The number of rotatable bonds is 4. The van der Waals surface area contributed by atoms with Gasteiger partial charge in [0, 0.05) is 21.4 Å². The van der Waals surface area contributed by atoms with Crippen LogP contribution in [0.2, 0.25) is 0 Å². The van der Waals surface area contributed by atoms with Crippen LogP contribution >= 0.6 is 22.6 Å². The predicted molar refractivity (Wildman–Crippen MR) is 86.6 cm³/mol. The van der Waals surface area contributed by atoms with E-state index in [1.54, 1.807) is 0 Å². The number of hydrogen-bond acceptors (Lipinski definition) is 2. The van der Waals surface area contributed by atoms with Gasteiger partial charge in [-0.25, -0.2) is 0 Å². The van der Waals surface area contributed by atoms with E-state index in [4.69, 9.17) is 4.74 Å². The monoisotopic (exact) mass is 371 g/mol. The Hall–Kier alpha value is -0.290. The van der Waals surface area contributed by atoms with Crippen molar-refractivity contribution >= 4 is 22.6 Å². The topological polar surface area (TPSA) is 21.3 Å². The van der Waals surface area contributed by atoms with Crippen molar-refractivity contribution in [3.63, 3.8) is 0 Å². The second-order valence-corrected chi connectivity index (χ2v) is 7.10. The van der Waals surface area contributed by atoms with Crippen molar-refractivity contribution in [2.24, 2.45) is 5.41 Å². The molecule has 0 saturated heterocycles. The molecule has 2 unspecified atom stereocenters. The fourth-order valence-electron chi connectivity index (χ4n) is 3.85. The number of nitrogens with one attached hydrogen (secondary N) is 1. The van der Waals surface area contributed by atoms with Crippen molar-refractivity contribution in [2.45, 2.75) is 51.2 Å². The van der Waals surface area contributed by atoms with E-state index in [0.717, 1.165) is 12.3 Å². The minimum atomic E-state index is 0.414. The van der Waals surface area contributed by atoms with Gasteiger partial charge in [0.05, 0.1) is 0 Å². The summed E-state index contributed by atoms with van der Waals surface area (Å²) < 4.78 is 7.55. The molecule has 0 radical (unpaired) electrons. The Kier molecular flexibility index (Phi) is 4.03. The van der Waals surface area contributed by atoms with Crippen molar-refractivity contribution < 1.29 is 4.74 Å². The molecular weight excluding hydrogens is 349 g/mol. The Morgan fingerprint density at radius 1 is 1.37 bits per heavy atom. The van der Waals surface area contributed by atoms with Crippen molar-refractivity contribution in [3.05, 3.63) is 27.8 Å². The van der Waals surface area contributed by atoms with Gasteiger partial charge in [-0.2, -0.15) is 0 Å². The zero-order valence-corrected chi connectivity index (χ0v) is 13.7. The SMILES string of the molecule is CCNC1CC(Oc2cccc(I)c2)C12CCCC2. The maximum Gasteiger partial charge on any atom is 0.120 e. The van der Waals surface area contributed by atoms with E-state index in [1.165, 1.54) is 35.7 Å². The third-order valence-electron chi connectivity index (χ3n) is 4.84. The molecule has 2 atom stereocenters. The highest BCUT2D eigenvalue weighted by molar-refractivity contribution is 14.1. The van der Waals surface area contributed by atoms with Gasteiger partial charge in [-0.15, -0.1) is 0 Å². The van der Waals surface area contributed by atoms with Crippen LogP contribution in [-0.4, -0.2) is 18.7 Å². The average Bonchev–Trinajstić information content (AvgIpc) is 2.90. The van der Waals surface area contributed by atoms with Gasteiger partial charge >= 0.3 is 0 Å². The molecule has 3 rings (SSSR count). The molecular formula is C16H22INO. The Labute approximate surface area is 129 Å². The Morgan fingerprint density at radius 3 is 2.84 bits per heavy atom.